The normalized spacial score (nSPS) is 32.9. The smallest absolute Gasteiger partial charge is 0.232 e. The zero-order valence-corrected chi connectivity index (χ0v) is 6.90. The fraction of sp³-hybridized carbons (Fsp3) is 0.833. The molecule has 0 aliphatic carbocycles. The lowest BCUT2D eigenvalue weighted by Crippen LogP contribution is -2.20. The number of rotatable bonds is 1. The number of amides is 1. The van der Waals surface area contributed by atoms with Gasteiger partial charge < -0.3 is 0 Å². The van der Waals surface area contributed by atoms with Crippen molar-refractivity contribution in [3.63, 3.8) is 0 Å². The molecule has 4 heteroatoms. The van der Waals surface area contributed by atoms with Gasteiger partial charge in [-0.1, -0.05) is 13.8 Å². The van der Waals surface area contributed by atoms with E-state index in [0.717, 1.165) is 0 Å². The van der Waals surface area contributed by atoms with Crippen molar-refractivity contribution in [2.75, 3.05) is 0 Å². The molecule has 1 aliphatic rings. The van der Waals surface area contributed by atoms with Crippen LogP contribution in [0.1, 0.15) is 20.3 Å². The zero-order chi connectivity index (χ0) is 7.72. The zero-order valence-electron chi connectivity index (χ0n) is 6.09. The third kappa shape index (κ3) is 1.37. The molecule has 3 nitrogen and oxygen atoms in total. The molecule has 10 heavy (non-hydrogen) atoms. The summed E-state index contributed by atoms with van der Waals surface area (Å²) in [5.74, 6) is 0.233. The largest absolute Gasteiger partial charge is 0.275 e. The molecule has 0 aromatic carbocycles. The lowest BCUT2D eigenvalue weighted by molar-refractivity contribution is -0.118. The van der Waals surface area contributed by atoms with Gasteiger partial charge in [-0.25, -0.2) is 4.21 Å². The molecular formula is C6H11NO2S. The molecule has 0 bridgehead atoms. The van der Waals surface area contributed by atoms with Crippen molar-refractivity contribution in [1.29, 1.82) is 0 Å². The quantitative estimate of drug-likeness (QED) is 0.597. The molecule has 1 saturated heterocycles. The van der Waals surface area contributed by atoms with Gasteiger partial charge in [0.25, 0.3) is 0 Å². The Hall–Kier alpha value is -0.380. The summed E-state index contributed by atoms with van der Waals surface area (Å²) in [6.45, 7) is 3.95. The Morgan fingerprint density at radius 1 is 1.70 bits per heavy atom. The Kier molecular flexibility index (Phi) is 2.08. The first kappa shape index (κ1) is 7.72. The minimum absolute atomic E-state index is 0.0208. The molecule has 1 fully saturated rings. The van der Waals surface area contributed by atoms with E-state index in [9.17, 15) is 9.00 Å². The van der Waals surface area contributed by atoms with Gasteiger partial charge in [0.1, 0.15) is 11.0 Å². The molecular weight excluding hydrogens is 150 g/mol. The predicted molar refractivity (Wildman–Crippen MR) is 39.5 cm³/mol. The van der Waals surface area contributed by atoms with Crippen LogP contribution in [-0.4, -0.2) is 15.4 Å². The molecule has 2 unspecified atom stereocenters. The predicted octanol–water partition coefficient (Wildman–Crippen LogP) is 0.195. The monoisotopic (exact) mass is 161 g/mol. The van der Waals surface area contributed by atoms with Crippen LogP contribution in [0.15, 0.2) is 0 Å². The van der Waals surface area contributed by atoms with Crippen LogP contribution in [0.4, 0.5) is 0 Å². The number of hydrogen-bond donors (Lipinski definition) is 1. The summed E-state index contributed by atoms with van der Waals surface area (Å²) < 4.78 is 13.4. The van der Waals surface area contributed by atoms with Crippen molar-refractivity contribution < 1.29 is 9.00 Å². The van der Waals surface area contributed by atoms with E-state index in [4.69, 9.17) is 0 Å². The molecule has 0 radical (unpaired) electrons. The number of carbonyl (C=O) groups excluding carboxylic acids is 1. The van der Waals surface area contributed by atoms with E-state index >= 15 is 0 Å². The van der Waals surface area contributed by atoms with Crippen molar-refractivity contribution in [1.82, 2.24) is 4.72 Å². The van der Waals surface area contributed by atoms with Gasteiger partial charge in [0.05, 0.1) is 5.25 Å². The van der Waals surface area contributed by atoms with Gasteiger partial charge in [0, 0.05) is 6.42 Å². The second-order valence-corrected chi connectivity index (χ2v) is 4.21. The van der Waals surface area contributed by atoms with E-state index in [1.165, 1.54) is 0 Å². The second kappa shape index (κ2) is 2.70. The van der Waals surface area contributed by atoms with Crippen molar-refractivity contribution in [2.45, 2.75) is 25.5 Å². The molecule has 0 aromatic rings. The summed E-state index contributed by atoms with van der Waals surface area (Å²) in [4.78, 5) is 10.7. The van der Waals surface area contributed by atoms with Crippen LogP contribution in [0, 0.1) is 5.92 Å². The minimum Gasteiger partial charge on any atom is -0.275 e. The molecule has 1 N–H and O–H groups in total. The van der Waals surface area contributed by atoms with E-state index < -0.39 is 11.0 Å². The molecule has 1 heterocycles. The van der Waals surface area contributed by atoms with E-state index in [0.29, 0.717) is 12.3 Å². The summed E-state index contributed by atoms with van der Waals surface area (Å²) in [6.07, 6.45) is 0.421. The molecule has 2 atom stereocenters. The van der Waals surface area contributed by atoms with Crippen molar-refractivity contribution >= 4 is 16.9 Å². The van der Waals surface area contributed by atoms with Crippen LogP contribution < -0.4 is 4.72 Å². The number of carbonyl (C=O) groups is 1. The topological polar surface area (TPSA) is 46.2 Å². The molecule has 58 valence electrons. The highest BCUT2D eigenvalue weighted by atomic mass is 32.2. The average molecular weight is 161 g/mol. The maximum Gasteiger partial charge on any atom is 0.232 e. The Labute approximate surface area is 62.8 Å². The maximum absolute atomic E-state index is 11.0. The van der Waals surface area contributed by atoms with Crippen LogP contribution in [0.25, 0.3) is 0 Å². The Morgan fingerprint density at radius 3 is 2.50 bits per heavy atom. The van der Waals surface area contributed by atoms with E-state index in [2.05, 4.69) is 4.72 Å². The highest BCUT2D eigenvalue weighted by Gasteiger charge is 2.31. The molecule has 0 saturated carbocycles. The summed E-state index contributed by atoms with van der Waals surface area (Å²) in [5, 5.41) is 0.0208. The summed E-state index contributed by atoms with van der Waals surface area (Å²) in [7, 11) is -1.12. The Morgan fingerprint density at radius 2 is 2.30 bits per heavy atom. The van der Waals surface area contributed by atoms with Gasteiger partial charge in [0.15, 0.2) is 0 Å². The van der Waals surface area contributed by atoms with E-state index in [-0.39, 0.29) is 11.2 Å². The average Bonchev–Trinajstić information content (AvgIpc) is 2.10. The molecule has 1 aliphatic heterocycles. The summed E-state index contributed by atoms with van der Waals surface area (Å²) in [6, 6.07) is 0. The van der Waals surface area contributed by atoms with Gasteiger partial charge in [-0.3, -0.25) is 9.52 Å². The first-order valence-electron chi connectivity index (χ1n) is 3.31. The third-order valence-electron chi connectivity index (χ3n) is 1.62. The van der Waals surface area contributed by atoms with Gasteiger partial charge in [-0.05, 0) is 5.92 Å². The highest BCUT2D eigenvalue weighted by molar-refractivity contribution is 7.84. The summed E-state index contributed by atoms with van der Waals surface area (Å²) in [5.41, 5.74) is 0. The highest BCUT2D eigenvalue weighted by Crippen LogP contribution is 2.16. The SMILES string of the molecule is CC(C)C1CC(=O)NS1=O. The lowest BCUT2D eigenvalue weighted by Gasteiger charge is -2.08. The molecule has 1 rings (SSSR count). The van der Waals surface area contributed by atoms with Crippen LogP contribution in [0.2, 0.25) is 0 Å². The number of nitrogens with one attached hydrogen (secondary N) is 1. The van der Waals surface area contributed by atoms with Gasteiger partial charge in [-0.2, -0.15) is 0 Å². The Bertz CT molecular complexity index is 179. The van der Waals surface area contributed by atoms with Crippen molar-refractivity contribution in [3.05, 3.63) is 0 Å². The fourth-order valence-corrected chi connectivity index (χ4v) is 2.23. The molecule has 0 aromatic heterocycles. The minimum atomic E-state index is -1.12. The molecule has 0 spiro atoms. The second-order valence-electron chi connectivity index (χ2n) is 2.81. The van der Waals surface area contributed by atoms with Gasteiger partial charge in [0.2, 0.25) is 5.91 Å². The first-order valence-corrected chi connectivity index (χ1v) is 4.52. The van der Waals surface area contributed by atoms with Gasteiger partial charge in [-0.15, -0.1) is 0 Å². The lowest BCUT2D eigenvalue weighted by atomic mass is 10.1. The number of hydrogen-bond acceptors (Lipinski definition) is 2. The van der Waals surface area contributed by atoms with Crippen LogP contribution in [0.5, 0.6) is 0 Å². The third-order valence-corrected chi connectivity index (χ3v) is 3.31. The summed E-state index contributed by atoms with van der Waals surface area (Å²) >= 11 is 0. The van der Waals surface area contributed by atoms with E-state index in [1.54, 1.807) is 0 Å². The van der Waals surface area contributed by atoms with Crippen LogP contribution >= 0.6 is 0 Å². The standard InChI is InChI=1S/C6H11NO2S/c1-4(2)5-3-6(8)7-10(5)9/h4-5H,3H2,1-2H3,(H,7,8). The fourth-order valence-electron chi connectivity index (χ4n) is 0.971. The van der Waals surface area contributed by atoms with Crippen LogP contribution in [0.3, 0.4) is 0 Å². The van der Waals surface area contributed by atoms with Crippen LogP contribution in [-0.2, 0) is 15.8 Å². The van der Waals surface area contributed by atoms with Crippen molar-refractivity contribution in [2.24, 2.45) is 5.92 Å². The molecule has 1 amide bonds. The maximum atomic E-state index is 11.0. The van der Waals surface area contributed by atoms with Crippen molar-refractivity contribution in [3.8, 4) is 0 Å². The first-order chi connectivity index (χ1) is 4.61. The van der Waals surface area contributed by atoms with Gasteiger partial charge >= 0.3 is 0 Å². The Balaban J connectivity index is 2.63. The van der Waals surface area contributed by atoms with E-state index in [1.807, 2.05) is 13.8 Å².